The Morgan fingerprint density at radius 3 is 2.41 bits per heavy atom. The fraction of sp³-hybridized carbons (Fsp3) is 0.0769. The van der Waals surface area contributed by atoms with Gasteiger partial charge in [0.2, 0.25) is 0 Å². The van der Waals surface area contributed by atoms with E-state index >= 15 is 0 Å². The Balaban J connectivity index is 2.68. The minimum atomic E-state index is -0.735. The molecule has 0 radical (unpaired) electrons. The first-order valence-electron chi connectivity index (χ1n) is 4.93. The number of benzene rings is 2. The maximum absolute atomic E-state index is 13.6. The second-order valence-electron chi connectivity index (χ2n) is 3.77. The van der Waals surface area contributed by atoms with E-state index in [0.29, 0.717) is 0 Å². The minimum absolute atomic E-state index is 0.154. The molecule has 0 saturated carbocycles. The number of aromatic hydroxyl groups is 1. The van der Waals surface area contributed by atoms with Gasteiger partial charge in [0.25, 0.3) is 0 Å². The van der Waals surface area contributed by atoms with Gasteiger partial charge < -0.3 is 5.11 Å². The lowest BCUT2D eigenvalue weighted by atomic mass is 10.0. The second-order valence-corrected chi connectivity index (χ2v) is 4.17. The monoisotopic (exact) mass is 254 g/mol. The fourth-order valence-corrected chi connectivity index (χ4v) is 1.76. The maximum atomic E-state index is 13.6. The molecule has 1 nitrogen and oxygen atoms in total. The van der Waals surface area contributed by atoms with Crippen molar-refractivity contribution in [3.05, 3.63) is 52.6 Å². The van der Waals surface area contributed by atoms with Gasteiger partial charge in [-0.3, -0.25) is 0 Å². The summed E-state index contributed by atoms with van der Waals surface area (Å²) in [5.41, 5.74) is 1.21. The third-order valence-electron chi connectivity index (χ3n) is 2.45. The van der Waals surface area contributed by atoms with Gasteiger partial charge in [0.05, 0.1) is 5.02 Å². The summed E-state index contributed by atoms with van der Waals surface area (Å²) >= 11 is 5.62. The van der Waals surface area contributed by atoms with Gasteiger partial charge >= 0.3 is 0 Å². The Labute approximate surface area is 102 Å². The molecule has 0 aliphatic carbocycles. The molecule has 0 heterocycles. The van der Waals surface area contributed by atoms with Crippen LogP contribution in [0, 0.1) is 18.6 Å². The quantitative estimate of drug-likeness (QED) is 0.804. The van der Waals surface area contributed by atoms with E-state index in [1.807, 2.05) is 0 Å². The van der Waals surface area contributed by atoms with Crippen molar-refractivity contribution in [2.24, 2.45) is 0 Å². The highest BCUT2D eigenvalue weighted by Gasteiger charge is 2.13. The molecule has 2 rings (SSSR count). The molecule has 0 fully saturated rings. The summed E-state index contributed by atoms with van der Waals surface area (Å²) in [6, 6.07) is 6.56. The number of halogens is 3. The molecule has 88 valence electrons. The summed E-state index contributed by atoms with van der Waals surface area (Å²) in [6.07, 6.45) is 0. The topological polar surface area (TPSA) is 20.2 Å². The minimum Gasteiger partial charge on any atom is -0.507 e. The molecule has 0 unspecified atom stereocenters. The summed E-state index contributed by atoms with van der Waals surface area (Å²) in [6.45, 7) is 1.80. The molecule has 0 spiro atoms. The predicted octanol–water partition coefficient (Wildman–Crippen LogP) is 4.30. The lowest BCUT2D eigenvalue weighted by Gasteiger charge is -2.08. The van der Waals surface area contributed by atoms with Crippen LogP contribution in [0.4, 0.5) is 8.78 Å². The van der Waals surface area contributed by atoms with Crippen LogP contribution >= 0.6 is 11.6 Å². The van der Waals surface area contributed by atoms with Crippen LogP contribution in [0.2, 0.25) is 5.02 Å². The first-order valence-corrected chi connectivity index (χ1v) is 5.31. The third-order valence-corrected chi connectivity index (χ3v) is 2.74. The van der Waals surface area contributed by atoms with E-state index in [4.69, 9.17) is 11.6 Å². The Morgan fingerprint density at radius 2 is 1.71 bits per heavy atom. The largest absolute Gasteiger partial charge is 0.507 e. The van der Waals surface area contributed by atoms with Crippen molar-refractivity contribution in [1.29, 1.82) is 0 Å². The molecule has 2 aromatic rings. The smallest absolute Gasteiger partial charge is 0.145 e. The number of phenolic OH excluding ortho intramolecular Hbond substituents is 1. The van der Waals surface area contributed by atoms with Crippen LogP contribution in [0.3, 0.4) is 0 Å². The maximum Gasteiger partial charge on any atom is 0.145 e. The van der Waals surface area contributed by atoms with Gasteiger partial charge in [-0.2, -0.15) is 0 Å². The number of hydrogen-bond donors (Lipinski definition) is 1. The van der Waals surface area contributed by atoms with Gasteiger partial charge in [-0.15, -0.1) is 0 Å². The van der Waals surface area contributed by atoms with Crippen molar-refractivity contribution in [3.8, 4) is 16.9 Å². The zero-order chi connectivity index (χ0) is 12.6. The normalized spacial score (nSPS) is 10.6. The van der Waals surface area contributed by atoms with Gasteiger partial charge in [0, 0.05) is 17.2 Å². The summed E-state index contributed by atoms with van der Waals surface area (Å²) in [5.74, 6) is -1.56. The van der Waals surface area contributed by atoms with Crippen LogP contribution in [-0.4, -0.2) is 5.11 Å². The molecule has 0 aromatic heterocycles. The molecular weight excluding hydrogens is 246 g/mol. The Morgan fingerprint density at radius 1 is 1.00 bits per heavy atom. The molecule has 0 saturated heterocycles. The van der Waals surface area contributed by atoms with Crippen LogP contribution in [0.1, 0.15) is 5.56 Å². The van der Waals surface area contributed by atoms with E-state index in [9.17, 15) is 13.9 Å². The fourth-order valence-electron chi connectivity index (χ4n) is 1.60. The summed E-state index contributed by atoms with van der Waals surface area (Å²) < 4.78 is 26.7. The number of phenols is 1. The Hall–Kier alpha value is -1.61. The van der Waals surface area contributed by atoms with Crippen LogP contribution in [0.15, 0.2) is 30.3 Å². The van der Waals surface area contributed by atoms with Crippen molar-refractivity contribution < 1.29 is 13.9 Å². The molecule has 0 atom stereocenters. The van der Waals surface area contributed by atoms with Gasteiger partial charge in [0.1, 0.15) is 17.4 Å². The van der Waals surface area contributed by atoms with E-state index in [2.05, 4.69) is 0 Å². The summed E-state index contributed by atoms with van der Waals surface area (Å²) in [4.78, 5) is 0. The van der Waals surface area contributed by atoms with Gasteiger partial charge in [0.15, 0.2) is 0 Å². The van der Waals surface area contributed by atoms with E-state index < -0.39 is 11.6 Å². The average Bonchev–Trinajstić information content (AvgIpc) is 2.27. The first-order chi connectivity index (χ1) is 7.99. The molecule has 0 aliphatic rings. The SMILES string of the molecule is Cc1ccc(F)c(-c2cc(Cl)c(F)cc2O)c1. The zero-order valence-corrected chi connectivity index (χ0v) is 9.72. The van der Waals surface area contributed by atoms with Crippen LogP contribution < -0.4 is 0 Å². The van der Waals surface area contributed by atoms with Crippen LogP contribution in [-0.2, 0) is 0 Å². The molecule has 4 heteroatoms. The zero-order valence-electron chi connectivity index (χ0n) is 8.97. The molecule has 0 aliphatic heterocycles. The van der Waals surface area contributed by atoms with Crippen molar-refractivity contribution in [2.75, 3.05) is 0 Å². The van der Waals surface area contributed by atoms with Gasteiger partial charge in [-0.05, 0) is 25.1 Å². The standard InChI is InChI=1S/C13H9ClF2O/c1-7-2-3-11(15)8(4-7)9-5-10(14)12(16)6-13(9)17/h2-6,17H,1H3. The molecule has 2 aromatic carbocycles. The average molecular weight is 255 g/mol. The molecule has 0 amide bonds. The highest BCUT2D eigenvalue weighted by atomic mass is 35.5. The van der Waals surface area contributed by atoms with Crippen molar-refractivity contribution in [1.82, 2.24) is 0 Å². The molecule has 0 bridgehead atoms. The van der Waals surface area contributed by atoms with Crippen LogP contribution in [0.25, 0.3) is 11.1 Å². The van der Waals surface area contributed by atoms with Crippen molar-refractivity contribution in [3.63, 3.8) is 0 Å². The first kappa shape index (κ1) is 11.9. The number of hydrogen-bond acceptors (Lipinski definition) is 1. The van der Waals surface area contributed by atoms with E-state index in [0.717, 1.165) is 11.6 Å². The molecule has 1 N–H and O–H groups in total. The molecule has 17 heavy (non-hydrogen) atoms. The molecular formula is C13H9ClF2O. The van der Waals surface area contributed by atoms with E-state index in [-0.39, 0.29) is 21.9 Å². The Kier molecular flexibility index (Phi) is 3.03. The summed E-state index contributed by atoms with van der Waals surface area (Å²) in [7, 11) is 0. The lowest BCUT2D eigenvalue weighted by molar-refractivity contribution is 0.470. The highest BCUT2D eigenvalue weighted by molar-refractivity contribution is 6.31. The van der Waals surface area contributed by atoms with Crippen molar-refractivity contribution in [2.45, 2.75) is 6.92 Å². The third kappa shape index (κ3) is 2.24. The van der Waals surface area contributed by atoms with E-state index in [1.165, 1.54) is 12.1 Å². The second kappa shape index (κ2) is 4.34. The highest BCUT2D eigenvalue weighted by Crippen LogP contribution is 2.35. The van der Waals surface area contributed by atoms with Crippen molar-refractivity contribution >= 4 is 11.6 Å². The van der Waals surface area contributed by atoms with Crippen LogP contribution in [0.5, 0.6) is 5.75 Å². The van der Waals surface area contributed by atoms with E-state index in [1.54, 1.807) is 19.1 Å². The lowest BCUT2D eigenvalue weighted by Crippen LogP contribution is -1.88. The predicted molar refractivity (Wildman–Crippen MR) is 63.2 cm³/mol. The van der Waals surface area contributed by atoms with Gasteiger partial charge in [-0.1, -0.05) is 23.2 Å². The Bertz CT molecular complexity index is 582. The van der Waals surface area contributed by atoms with Gasteiger partial charge in [-0.25, -0.2) is 8.78 Å². The summed E-state index contributed by atoms with van der Waals surface area (Å²) in [5, 5.41) is 9.47. The number of aryl methyl sites for hydroxylation is 1. The number of rotatable bonds is 1.